The zero-order valence-corrected chi connectivity index (χ0v) is 8.52. The molecule has 0 radical (unpaired) electrons. The van der Waals surface area contributed by atoms with Gasteiger partial charge in [0.25, 0.3) is 0 Å². The van der Waals surface area contributed by atoms with Gasteiger partial charge in [0, 0.05) is 0 Å². The first-order chi connectivity index (χ1) is 6.91. The molecule has 0 rings (SSSR count). The van der Waals surface area contributed by atoms with Gasteiger partial charge in [-0.3, -0.25) is 9.59 Å². The summed E-state index contributed by atoms with van der Waals surface area (Å²) in [5.41, 5.74) is 0. The van der Waals surface area contributed by atoms with E-state index in [9.17, 15) is 9.59 Å². The predicted molar refractivity (Wildman–Crippen MR) is 58.1 cm³/mol. The zero-order chi connectivity index (χ0) is 10.5. The van der Waals surface area contributed by atoms with Crippen molar-refractivity contribution in [2.24, 2.45) is 0 Å². The molecule has 0 amide bonds. The number of allylic oxidation sites excluding steroid dienone is 4. The summed E-state index contributed by atoms with van der Waals surface area (Å²) in [5.74, 6) is 0. The lowest BCUT2D eigenvalue weighted by atomic mass is 10.1. The van der Waals surface area contributed by atoms with Crippen molar-refractivity contribution >= 4 is 12.6 Å². The van der Waals surface area contributed by atoms with E-state index >= 15 is 0 Å². The number of rotatable bonds is 9. The van der Waals surface area contributed by atoms with Crippen LogP contribution < -0.4 is 0 Å². The molecule has 0 unspecified atom stereocenters. The van der Waals surface area contributed by atoms with Gasteiger partial charge in [-0.25, -0.2) is 0 Å². The average Bonchev–Trinajstić information content (AvgIpc) is 2.21. The van der Waals surface area contributed by atoms with Crippen LogP contribution in [-0.2, 0) is 9.59 Å². The third kappa shape index (κ3) is 10.8. The smallest absolute Gasteiger partial charge is 0.142 e. The number of hydrogen-bond donors (Lipinski definition) is 0. The van der Waals surface area contributed by atoms with Crippen LogP contribution in [0, 0.1) is 0 Å². The predicted octanol–water partition coefficient (Wildman–Crippen LogP) is 2.84. The SMILES string of the molecule is O=CC=CCCCCCCC=CC=O. The van der Waals surface area contributed by atoms with Crippen molar-refractivity contribution in [2.75, 3.05) is 0 Å². The Labute approximate surface area is 85.7 Å². The molecule has 0 aliphatic rings. The molecule has 0 N–H and O–H groups in total. The summed E-state index contributed by atoms with van der Waals surface area (Å²) in [6.07, 6.45) is 15.2. The van der Waals surface area contributed by atoms with Gasteiger partial charge < -0.3 is 0 Å². The van der Waals surface area contributed by atoms with E-state index in [4.69, 9.17) is 0 Å². The van der Waals surface area contributed by atoms with Gasteiger partial charge in [-0.15, -0.1) is 0 Å². The van der Waals surface area contributed by atoms with Crippen molar-refractivity contribution in [1.82, 2.24) is 0 Å². The Bertz CT molecular complexity index is 170. The highest BCUT2D eigenvalue weighted by Gasteiger charge is 1.86. The van der Waals surface area contributed by atoms with Crippen LogP contribution >= 0.6 is 0 Å². The third-order valence-corrected chi connectivity index (χ3v) is 1.92. The zero-order valence-electron chi connectivity index (χ0n) is 8.52. The third-order valence-electron chi connectivity index (χ3n) is 1.92. The van der Waals surface area contributed by atoms with Gasteiger partial charge in [-0.05, 0) is 37.8 Å². The van der Waals surface area contributed by atoms with Crippen molar-refractivity contribution < 1.29 is 9.59 Å². The molecule has 0 aromatic carbocycles. The molecule has 0 atom stereocenters. The Morgan fingerprint density at radius 2 is 1.07 bits per heavy atom. The molecule has 0 bridgehead atoms. The van der Waals surface area contributed by atoms with E-state index in [-0.39, 0.29) is 0 Å². The highest BCUT2D eigenvalue weighted by atomic mass is 16.1. The van der Waals surface area contributed by atoms with Crippen molar-refractivity contribution in [3.05, 3.63) is 24.3 Å². The molecule has 0 saturated carbocycles. The maximum Gasteiger partial charge on any atom is 0.142 e. The topological polar surface area (TPSA) is 34.1 Å². The second-order valence-corrected chi connectivity index (χ2v) is 3.12. The number of aldehydes is 2. The fourth-order valence-corrected chi connectivity index (χ4v) is 1.18. The first-order valence-corrected chi connectivity index (χ1v) is 5.12. The lowest BCUT2D eigenvalue weighted by Crippen LogP contribution is -1.77. The molecule has 0 aromatic rings. The minimum absolute atomic E-state index is 0.810. The fraction of sp³-hybridized carbons (Fsp3) is 0.500. The monoisotopic (exact) mass is 194 g/mol. The van der Waals surface area contributed by atoms with Crippen LogP contribution in [0.4, 0.5) is 0 Å². The number of carbonyl (C=O) groups is 2. The van der Waals surface area contributed by atoms with E-state index < -0.39 is 0 Å². The second-order valence-electron chi connectivity index (χ2n) is 3.12. The van der Waals surface area contributed by atoms with Crippen LogP contribution in [0.2, 0.25) is 0 Å². The second kappa shape index (κ2) is 11.8. The normalized spacial score (nSPS) is 11.1. The fourth-order valence-electron chi connectivity index (χ4n) is 1.18. The highest BCUT2D eigenvalue weighted by molar-refractivity contribution is 5.64. The van der Waals surface area contributed by atoms with E-state index in [2.05, 4.69) is 0 Å². The van der Waals surface area contributed by atoms with Crippen LogP contribution in [0.15, 0.2) is 24.3 Å². The van der Waals surface area contributed by atoms with Gasteiger partial charge in [0.05, 0.1) is 0 Å². The summed E-state index contributed by atoms with van der Waals surface area (Å²) in [4.78, 5) is 19.8. The Morgan fingerprint density at radius 1 is 0.643 bits per heavy atom. The van der Waals surface area contributed by atoms with Crippen molar-refractivity contribution in [2.45, 2.75) is 38.5 Å². The number of carbonyl (C=O) groups excluding carboxylic acids is 2. The molecule has 2 nitrogen and oxygen atoms in total. The van der Waals surface area contributed by atoms with E-state index in [1.807, 2.05) is 12.2 Å². The molecular weight excluding hydrogens is 176 g/mol. The van der Waals surface area contributed by atoms with Crippen LogP contribution in [-0.4, -0.2) is 12.6 Å². The molecule has 0 aliphatic carbocycles. The largest absolute Gasteiger partial charge is 0.299 e. The van der Waals surface area contributed by atoms with Crippen LogP contribution in [0.25, 0.3) is 0 Å². The summed E-state index contributed by atoms with van der Waals surface area (Å²) >= 11 is 0. The van der Waals surface area contributed by atoms with Gasteiger partial charge in [0.15, 0.2) is 0 Å². The van der Waals surface area contributed by atoms with Gasteiger partial charge in [-0.1, -0.05) is 25.0 Å². The Balaban J connectivity index is 3.06. The van der Waals surface area contributed by atoms with Gasteiger partial charge in [0.1, 0.15) is 12.6 Å². The summed E-state index contributed by atoms with van der Waals surface area (Å²) in [6.45, 7) is 0. The van der Waals surface area contributed by atoms with Gasteiger partial charge in [0.2, 0.25) is 0 Å². The Hall–Kier alpha value is -1.18. The standard InChI is InChI=1S/C12H18O2/c13-11-9-7-5-3-1-2-4-6-8-10-12-14/h7-12H,1-6H2. The lowest BCUT2D eigenvalue weighted by molar-refractivity contribution is -0.104. The minimum Gasteiger partial charge on any atom is -0.299 e. The van der Waals surface area contributed by atoms with Gasteiger partial charge >= 0.3 is 0 Å². The Kier molecular flexibility index (Phi) is 10.8. The van der Waals surface area contributed by atoms with Crippen LogP contribution in [0.5, 0.6) is 0 Å². The van der Waals surface area contributed by atoms with E-state index in [1.54, 1.807) is 12.2 Å². The van der Waals surface area contributed by atoms with Crippen LogP contribution in [0.3, 0.4) is 0 Å². The number of hydrogen-bond acceptors (Lipinski definition) is 2. The van der Waals surface area contributed by atoms with E-state index in [0.29, 0.717) is 0 Å². The van der Waals surface area contributed by atoms with Crippen molar-refractivity contribution in [3.63, 3.8) is 0 Å². The maximum atomic E-state index is 9.92. The maximum absolute atomic E-state index is 9.92. The summed E-state index contributed by atoms with van der Waals surface area (Å²) < 4.78 is 0. The average molecular weight is 194 g/mol. The molecule has 14 heavy (non-hydrogen) atoms. The summed E-state index contributed by atoms with van der Waals surface area (Å²) in [6, 6.07) is 0. The van der Waals surface area contributed by atoms with E-state index in [0.717, 1.165) is 38.3 Å². The van der Waals surface area contributed by atoms with Crippen LogP contribution in [0.1, 0.15) is 38.5 Å². The molecule has 0 heterocycles. The molecule has 0 spiro atoms. The molecule has 78 valence electrons. The first-order valence-electron chi connectivity index (χ1n) is 5.12. The molecule has 0 aliphatic heterocycles. The molecule has 0 saturated heterocycles. The van der Waals surface area contributed by atoms with Crippen molar-refractivity contribution in [1.29, 1.82) is 0 Å². The summed E-state index contributed by atoms with van der Waals surface area (Å²) in [5, 5.41) is 0. The molecular formula is C12H18O2. The molecule has 0 aromatic heterocycles. The van der Waals surface area contributed by atoms with Crippen molar-refractivity contribution in [3.8, 4) is 0 Å². The molecule has 0 fully saturated rings. The first kappa shape index (κ1) is 12.8. The van der Waals surface area contributed by atoms with E-state index in [1.165, 1.54) is 12.8 Å². The quantitative estimate of drug-likeness (QED) is 0.321. The minimum atomic E-state index is 0.810. The molecule has 2 heteroatoms. The lowest BCUT2D eigenvalue weighted by Gasteiger charge is -1.95. The number of unbranched alkanes of at least 4 members (excludes halogenated alkanes) is 5. The highest BCUT2D eigenvalue weighted by Crippen LogP contribution is 2.05. The van der Waals surface area contributed by atoms with Gasteiger partial charge in [-0.2, -0.15) is 0 Å². The summed E-state index contributed by atoms with van der Waals surface area (Å²) in [7, 11) is 0. The Morgan fingerprint density at radius 3 is 1.43 bits per heavy atom.